The van der Waals surface area contributed by atoms with E-state index in [-0.39, 0.29) is 12.8 Å². The van der Waals surface area contributed by atoms with Gasteiger partial charge in [0.05, 0.1) is 6.10 Å². The van der Waals surface area contributed by atoms with Crippen molar-refractivity contribution in [3.8, 4) is 0 Å². The SMILES string of the molecule is NC(Cc1ccccc1)(C(=O)O)C(O)Cc1ccccc1. The average molecular weight is 285 g/mol. The summed E-state index contributed by atoms with van der Waals surface area (Å²) in [5.74, 6) is -1.20. The Kier molecular flexibility index (Phi) is 4.73. The van der Waals surface area contributed by atoms with E-state index in [2.05, 4.69) is 0 Å². The lowest BCUT2D eigenvalue weighted by Crippen LogP contribution is -2.59. The minimum atomic E-state index is -1.71. The van der Waals surface area contributed by atoms with Crippen molar-refractivity contribution in [1.29, 1.82) is 0 Å². The molecule has 2 aromatic carbocycles. The number of hydrogen-bond donors (Lipinski definition) is 3. The topological polar surface area (TPSA) is 83.6 Å². The van der Waals surface area contributed by atoms with Gasteiger partial charge in [-0.2, -0.15) is 0 Å². The molecule has 0 bridgehead atoms. The van der Waals surface area contributed by atoms with Gasteiger partial charge in [-0.05, 0) is 11.1 Å². The van der Waals surface area contributed by atoms with E-state index in [4.69, 9.17) is 5.73 Å². The first-order valence-electron chi connectivity index (χ1n) is 6.80. The van der Waals surface area contributed by atoms with E-state index >= 15 is 0 Å². The van der Waals surface area contributed by atoms with Gasteiger partial charge in [0.25, 0.3) is 0 Å². The molecule has 0 aliphatic rings. The first-order valence-corrected chi connectivity index (χ1v) is 6.80. The Morgan fingerprint density at radius 3 is 1.95 bits per heavy atom. The van der Waals surface area contributed by atoms with Crippen LogP contribution >= 0.6 is 0 Å². The number of nitrogens with two attached hydrogens (primary N) is 1. The van der Waals surface area contributed by atoms with Crippen LogP contribution in [0.25, 0.3) is 0 Å². The third-order valence-corrected chi connectivity index (χ3v) is 3.60. The lowest BCUT2D eigenvalue weighted by molar-refractivity contribution is -0.148. The summed E-state index contributed by atoms with van der Waals surface area (Å²) >= 11 is 0. The number of aliphatic carboxylic acids is 1. The highest BCUT2D eigenvalue weighted by molar-refractivity contribution is 5.80. The summed E-state index contributed by atoms with van der Waals surface area (Å²) < 4.78 is 0. The summed E-state index contributed by atoms with van der Waals surface area (Å²) in [5.41, 5.74) is 5.95. The molecule has 4 N–H and O–H groups in total. The maximum Gasteiger partial charge on any atom is 0.326 e. The van der Waals surface area contributed by atoms with Gasteiger partial charge >= 0.3 is 5.97 Å². The van der Waals surface area contributed by atoms with Crippen molar-refractivity contribution in [1.82, 2.24) is 0 Å². The van der Waals surface area contributed by atoms with Crippen LogP contribution in [-0.2, 0) is 17.6 Å². The van der Waals surface area contributed by atoms with Gasteiger partial charge in [-0.3, -0.25) is 4.79 Å². The Morgan fingerprint density at radius 1 is 1.00 bits per heavy atom. The second-order valence-corrected chi connectivity index (χ2v) is 5.21. The van der Waals surface area contributed by atoms with E-state index < -0.39 is 17.6 Å². The molecule has 0 spiro atoms. The van der Waals surface area contributed by atoms with Crippen molar-refractivity contribution in [3.63, 3.8) is 0 Å². The lowest BCUT2D eigenvalue weighted by Gasteiger charge is -2.30. The summed E-state index contributed by atoms with van der Waals surface area (Å²) in [6.07, 6.45) is -0.884. The minimum Gasteiger partial charge on any atom is -0.480 e. The Bertz CT molecular complexity index is 585. The highest BCUT2D eigenvalue weighted by Gasteiger charge is 2.41. The molecule has 0 aromatic heterocycles. The number of carbonyl (C=O) groups is 1. The van der Waals surface area contributed by atoms with Crippen LogP contribution in [0.5, 0.6) is 0 Å². The fourth-order valence-corrected chi connectivity index (χ4v) is 2.29. The van der Waals surface area contributed by atoms with Crippen LogP contribution in [0, 0.1) is 0 Å². The third-order valence-electron chi connectivity index (χ3n) is 3.60. The van der Waals surface area contributed by atoms with Crippen molar-refractivity contribution in [2.75, 3.05) is 0 Å². The van der Waals surface area contributed by atoms with Crippen molar-refractivity contribution < 1.29 is 15.0 Å². The minimum absolute atomic E-state index is 0.0805. The van der Waals surface area contributed by atoms with Gasteiger partial charge in [-0.15, -0.1) is 0 Å². The van der Waals surface area contributed by atoms with E-state index in [0.29, 0.717) is 0 Å². The molecule has 2 atom stereocenters. The summed E-state index contributed by atoms with van der Waals surface area (Å²) in [7, 11) is 0. The first-order chi connectivity index (χ1) is 10.0. The van der Waals surface area contributed by atoms with Crippen molar-refractivity contribution in [3.05, 3.63) is 71.8 Å². The Labute approximate surface area is 123 Å². The van der Waals surface area contributed by atoms with Crippen LogP contribution in [0.4, 0.5) is 0 Å². The highest BCUT2D eigenvalue weighted by atomic mass is 16.4. The zero-order valence-corrected chi connectivity index (χ0v) is 11.6. The molecule has 21 heavy (non-hydrogen) atoms. The summed E-state index contributed by atoms with van der Waals surface area (Å²) in [6.45, 7) is 0. The number of aliphatic hydroxyl groups excluding tert-OH is 1. The van der Waals surface area contributed by atoms with Gasteiger partial charge < -0.3 is 15.9 Å². The molecule has 0 amide bonds. The fraction of sp³-hybridized carbons (Fsp3) is 0.235. The van der Waals surface area contributed by atoms with Crippen LogP contribution in [0.1, 0.15) is 11.1 Å². The van der Waals surface area contributed by atoms with Crippen LogP contribution in [0.2, 0.25) is 0 Å². The predicted molar refractivity (Wildman–Crippen MR) is 80.9 cm³/mol. The molecule has 2 rings (SSSR count). The molecular formula is C17H19NO3. The normalized spacial score (nSPS) is 15.1. The van der Waals surface area contributed by atoms with Crippen LogP contribution in [-0.4, -0.2) is 27.8 Å². The molecule has 4 heteroatoms. The molecular weight excluding hydrogens is 266 g/mol. The van der Waals surface area contributed by atoms with E-state index in [9.17, 15) is 15.0 Å². The molecule has 0 fully saturated rings. The van der Waals surface area contributed by atoms with Gasteiger partial charge in [-0.1, -0.05) is 60.7 Å². The van der Waals surface area contributed by atoms with Gasteiger partial charge in [-0.25, -0.2) is 0 Å². The maximum atomic E-state index is 11.6. The third kappa shape index (κ3) is 3.68. The quantitative estimate of drug-likeness (QED) is 0.753. The largest absolute Gasteiger partial charge is 0.480 e. The first kappa shape index (κ1) is 15.2. The number of hydrogen-bond acceptors (Lipinski definition) is 3. The molecule has 0 radical (unpaired) electrons. The molecule has 0 aliphatic carbocycles. The fourth-order valence-electron chi connectivity index (χ4n) is 2.29. The molecule has 110 valence electrons. The van der Waals surface area contributed by atoms with E-state index in [0.717, 1.165) is 11.1 Å². The molecule has 4 nitrogen and oxygen atoms in total. The van der Waals surface area contributed by atoms with Gasteiger partial charge in [0, 0.05) is 12.8 Å². The second-order valence-electron chi connectivity index (χ2n) is 5.21. The predicted octanol–water partition coefficient (Wildman–Crippen LogP) is 1.61. The molecule has 0 saturated heterocycles. The van der Waals surface area contributed by atoms with Crippen LogP contribution in [0.3, 0.4) is 0 Å². The Hall–Kier alpha value is -2.17. The second kappa shape index (κ2) is 6.52. The van der Waals surface area contributed by atoms with E-state index in [1.165, 1.54) is 0 Å². The standard InChI is InChI=1S/C17H19NO3/c18-17(16(20)21,12-14-9-5-2-6-10-14)15(19)11-13-7-3-1-4-8-13/h1-10,15,19H,11-12,18H2,(H,20,21). The van der Waals surface area contributed by atoms with E-state index in [1.807, 2.05) is 48.5 Å². The number of rotatable bonds is 6. The highest BCUT2D eigenvalue weighted by Crippen LogP contribution is 2.19. The van der Waals surface area contributed by atoms with Gasteiger partial charge in [0.1, 0.15) is 5.54 Å². The summed E-state index contributed by atoms with van der Waals surface area (Å²) in [4.78, 5) is 11.6. The molecule has 0 saturated carbocycles. The Balaban J connectivity index is 2.19. The Morgan fingerprint density at radius 2 is 1.48 bits per heavy atom. The van der Waals surface area contributed by atoms with Crippen molar-refractivity contribution >= 4 is 5.97 Å². The van der Waals surface area contributed by atoms with E-state index in [1.54, 1.807) is 12.1 Å². The molecule has 2 aromatic rings. The number of carboxylic acid groups (broad SMARTS) is 1. The lowest BCUT2D eigenvalue weighted by atomic mass is 9.83. The van der Waals surface area contributed by atoms with Crippen LogP contribution < -0.4 is 5.73 Å². The zero-order chi connectivity index (χ0) is 15.3. The van der Waals surface area contributed by atoms with Gasteiger partial charge in [0.2, 0.25) is 0 Å². The average Bonchev–Trinajstić information content (AvgIpc) is 2.49. The summed E-state index contributed by atoms with van der Waals surface area (Å²) in [5, 5.41) is 19.8. The smallest absolute Gasteiger partial charge is 0.326 e. The van der Waals surface area contributed by atoms with Gasteiger partial charge in [0.15, 0.2) is 0 Å². The molecule has 2 unspecified atom stereocenters. The molecule has 0 aliphatic heterocycles. The maximum absolute atomic E-state index is 11.6. The number of aliphatic hydroxyl groups is 1. The molecule has 0 heterocycles. The monoisotopic (exact) mass is 285 g/mol. The van der Waals surface area contributed by atoms with Crippen LogP contribution in [0.15, 0.2) is 60.7 Å². The number of benzene rings is 2. The van der Waals surface area contributed by atoms with Crippen molar-refractivity contribution in [2.45, 2.75) is 24.5 Å². The zero-order valence-electron chi connectivity index (χ0n) is 11.6. The number of carboxylic acids is 1. The van der Waals surface area contributed by atoms with Crippen molar-refractivity contribution in [2.24, 2.45) is 5.73 Å². The summed E-state index contributed by atoms with van der Waals surface area (Å²) in [6, 6.07) is 18.3.